The van der Waals surface area contributed by atoms with Gasteiger partial charge in [0.1, 0.15) is 0 Å². The largest absolute Gasteiger partial charge is 0.462 e. The van der Waals surface area contributed by atoms with Gasteiger partial charge in [0, 0.05) is 12.6 Å². The minimum atomic E-state index is -0.286. The zero-order chi connectivity index (χ0) is 16.5. The SMILES string of the molecule is CCNC(=NCc1ccc(C(=O)OCC)cc1)NC1CC=CC1.I. The van der Waals surface area contributed by atoms with Crippen LogP contribution in [0.25, 0.3) is 0 Å². The molecule has 0 heterocycles. The van der Waals surface area contributed by atoms with E-state index in [9.17, 15) is 4.79 Å². The van der Waals surface area contributed by atoms with E-state index in [-0.39, 0.29) is 29.9 Å². The first-order valence-electron chi connectivity index (χ1n) is 8.18. The average molecular weight is 443 g/mol. The standard InChI is InChI=1S/C18H25N3O2.HI/c1-3-19-18(21-16-7-5-6-8-16)20-13-14-9-11-15(12-10-14)17(22)23-4-2;/h5-6,9-12,16H,3-4,7-8,13H2,1-2H3,(H2,19,20,21);1H. The Labute approximate surface area is 161 Å². The number of carbonyl (C=O) groups is 1. The summed E-state index contributed by atoms with van der Waals surface area (Å²) in [5, 5.41) is 6.70. The molecule has 0 atom stereocenters. The summed E-state index contributed by atoms with van der Waals surface area (Å²) in [5.41, 5.74) is 1.63. The molecule has 1 aliphatic rings. The van der Waals surface area contributed by atoms with E-state index in [1.54, 1.807) is 19.1 Å². The number of guanidine groups is 1. The molecule has 1 aromatic carbocycles. The van der Waals surface area contributed by atoms with Crippen molar-refractivity contribution in [1.29, 1.82) is 0 Å². The van der Waals surface area contributed by atoms with Gasteiger partial charge in [-0.2, -0.15) is 0 Å². The number of nitrogens with zero attached hydrogens (tertiary/aromatic N) is 1. The summed E-state index contributed by atoms with van der Waals surface area (Å²) < 4.78 is 4.98. The molecule has 2 rings (SSSR count). The summed E-state index contributed by atoms with van der Waals surface area (Å²) in [4.78, 5) is 16.2. The van der Waals surface area contributed by atoms with Gasteiger partial charge in [0.25, 0.3) is 0 Å². The van der Waals surface area contributed by atoms with Crippen LogP contribution in [0.2, 0.25) is 0 Å². The fourth-order valence-electron chi connectivity index (χ4n) is 2.38. The minimum absolute atomic E-state index is 0. The fraction of sp³-hybridized carbons (Fsp3) is 0.444. The molecular weight excluding hydrogens is 417 g/mol. The molecular formula is C18H26IN3O2. The Morgan fingerprint density at radius 2 is 1.88 bits per heavy atom. The summed E-state index contributed by atoms with van der Waals surface area (Å²) in [6.07, 6.45) is 6.46. The molecule has 2 N–H and O–H groups in total. The van der Waals surface area contributed by atoms with Crippen LogP contribution in [0.1, 0.15) is 42.6 Å². The van der Waals surface area contributed by atoms with Crippen LogP contribution in [0.15, 0.2) is 41.4 Å². The van der Waals surface area contributed by atoms with Gasteiger partial charge in [0.2, 0.25) is 0 Å². The Hall–Kier alpha value is -1.57. The Balaban J connectivity index is 0.00000288. The Morgan fingerprint density at radius 3 is 2.46 bits per heavy atom. The van der Waals surface area contributed by atoms with Crippen molar-refractivity contribution in [3.8, 4) is 0 Å². The van der Waals surface area contributed by atoms with Crippen molar-refractivity contribution in [1.82, 2.24) is 10.6 Å². The molecule has 6 heteroatoms. The van der Waals surface area contributed by atoms with Crippen LogP contribution in [-0.2, 0) is 11.3 Å². The van der Waals surface area contributed by atoms with Gasteiger partial charge in [-0.05, 0) is 44.4 Å². The first kappa shape index (κ1) is 20.5. The maximum atomic E-state index is 11.6. The average Bonchev–Trinajstić information content (AvgIpc) is 3.06. The molecule has 0 unspecified atom stereocenters. The molecule has 24 heavy (non-hydrogen) atoms. The van der Waals surface area contributed by atoms with E-state index < -0.39 is 0 Å². The lowest BCUT2D eigenvalue weighted by atomic mass is 10.1. The lowest BCUT2D eigenvalue weighted by molar-refractivity contribution is 0.0526. The molecule has 0 aromatic heterocycles. The highest BCUT2D eigenvalue weighted by Gasteiger charge is 2.11. The fourth-order valence-corrected chi connectivity index (χ4v) is 2.38. The van der Waals surface area contributed by atoms with Crippen LogP contribution in [0, 0.1) is 0 Å². The van der Waals surface area contributed by atoms with Crippen molar-refractivity contribution in [2.24, 2.45) is 4.99 Å². The van der Waals surface area contributed by atoms with Crippen LogP contribution < -0.4 is 10.6 Å². The number of hydrogen-bond donors (Lipinski definition) is 2. The highest BCUT2D eigenvalue weighted by atomic mass is 127. The van der Waals surface area contributed by atoms with Crippen LogP contribution in [0.3, 0.4) is 0 Å². The van der Waals surface area contributed by atoms with Crippen LogP contribution in [0.5, 0.6) is 0 Å². The number of aliphatic imine (C=N–C) groups is 1. The smallest absolute Gasteiger partial charge is 0.338 e. The first-order valence-corrected chi connectivity index (χ1v) is 8.18. The molecule has 0 spiro atoms. The summed E-state index contributed by atoms with van der Waals surface area (Å²) >= 11 is 0. The molecule has 132 valence electrons. The van der Waals surface area contributed by atoms with E-state index in [1.165, 1.54) is 0 Å². The zero-order valence-electron chi connectivity index (χ0n) is 14.2. The lowest BCUT2D eigenvalue weighted by Gasteiger charge is -2.16. The number of ether oxygens (including phenoxy) is 1. The van der Waals surface area contributed by atoms with Gasteiger partial charge < -0.3 is 15.4 Å². The summed E-state index contributed by atoms with van der Waals surface area (Å²) in [6.45, 7) is 5.64. The lowest BCUT2D eigenvalue weighted by Crippen LogP contribution is -2.42. The molecule has 0 saturated carbocycles. The number of carbonyl (C=O) groups excluding carboxylic acids is 1. The van der Waals surface area contributed by atoms with E-state index in [4.69, 9.17) is 4.74 Å². The van der Waals surface area contributed by atoms with Crippen LogP contribution >= 0.6 is 24.0 Å². The van der Waals surface area contributed by atoms with E-state index in [0.717, 1.165) is 30.9 Å². The molecule has 0 bridgehead atoms. The van der Waals surface area contributed by atoms with Gasteiger partial charge in [-0.3, -0.25) is 0 Å². The summed E-state index contributed by atoms with van der Waals surface area (Å²) in [5.74, 6) is 0.543. The predicted octanol–water partition coefficient (Wildman–Crippen LogP) is 3.26. The van der Waals surface area contributed by atoms with E-state index in [1.807, 2.05) is 12.1 Å². The molecule has 1 aliphatic carbocycles. The van der Waals surface area contributed by atoms with Crippen molar-refractivity contribution < 1.29 is 9.53 Å². The molecule has 0 radical (unpaired) electrons. The summed E-state index contributed by atoms with van der Waals surface area (Å²) in [6, 6.07) is 7.82. The van der Waals surface area contributed by atoms with Crippen molar-refractivity contribution in [2.75, 3.05) is 13.2 Å². The second-order valence-corrected chi connectivity index (χ2v) is 5.40. The van der Waals surface area contributed by atoms with Crippen LogP contribution in [0.4, 0.5) is 0 Å². The molecule has 5 nitrogen and oxygen atoms in total. The number of esters is 1. The van der Waals surface area contributed by atoms with Crippen molar-refractivity contribution in [3.05, 3.63) is 47.5 Å². The molecule has 0 fully saturated rings. The third-order valence-electron chi connectivity index (χ3n) is 3.58. The Morgan fingerprint density at radius 1 is 1.21 bits per heavy atom. The van der Waals surface area contributed by atoms with Crippen molar-refractivity contribution in [2.45, 2.75) is 39.3 Å². The molecule has 0 amide bonds. The summed E-state index contributed by atoms with van der Waals surface area (Å²) in [7, 11) is 0. The quantitative estimate of drug-likeness (QED) is 0.233. The third kappa shape index (κ3) is 6.51. The first-order chi connectivity index (χ1) is 11.2. The van der Waals surface area contributed by atoms with Gasteiger partial charge >= 0.3 is 5.97 Å². The normalized spacial score (nSPS) is 14.2. The third-order valence-corrected chi connectivity index (χ3v) is 3.58. The molecule has 0 saturated heterocycles. The number of nitrogens with one attached hydrogen (secondary N) is 2. The topological polar surface area (TPSA) is 62.7 Å². The number of rotatable bonds is 6. The number of benzene rings is 1. The van der Waals surface area contributed by atoms with Gasteiger partial charge in [0.15, 0.2) is 5.96 Å². The van der Waals surface area contributed by atoms with Crippen LogP contribution in [-0.4, -0.2) is 31.1 Å². The van der Waals surface area contributed by atoms with Gasteiger partial charge in [-0.15, -0.1) is 24.0 Å². The Kier molecular flexibility index (Phi) is 9.44. The maximum absolute atomic E-state index is 11.6. The van der Waals surface area contributed by atoms with E-state index >= 15 is 0 Å². The second kappa shape index (κ2) is 11.1. The second-order valence-electron chi connectivity index (χ2n) is 5.40. The molecule has 0 aliphatic heterocycles. The number of hydrogen-bond acceptors (Lipinski definition) is 3. The van der Waals surface area contributed by atoms with Gasteiger partial charge in [-0.1, -0.05) is 24.3 Å². The van der Waals surface area contributed by atoms with Crippen molar-refractivity contribution >= 4 is 35.9 Å². The predicted molar refractivity (Wildman–Crippen MR) is 108 cm³/mol. The monoisotopic (exact) mass is 443 g/mol. The van der Waals surface area contributed by atoms with Gasteiger partial charge in [-0.25, -0.2) is 9.79 Å². The van der Waals surface area contributed by atoms with E-state index in [2.05, 4.69) is 34.7 Å². The van der Waals surface area contributed by atoms with Gasteiger partial charge in [0.05, 0.1) is 18.7 Å². The zero-order valence-corrected chi connectivity index (χ0v) is 16.6. The number of halogens is 1. The minimum Gasteiger partial charge on any atom is -0.462 e. The molecule has 1 aromatic rings. The highest BCUT2D eigenvalue weighted by molar-refractivity contribution is 14.0. The van der Waals surface area contributed by atoms with Crippen molar-refractivity contribution in [3.63, 3.8) is 0 Å². The highest BCUT2D eigenvalue weighted by Crippen LogP contribution is 2.10. The maximum Gasteiger partial charge on any atom is 0.338 e. The Bertz CT molecular complexity index is 562. The van der Waals surface area contributed by atoms with E-state index in [0.29, 0.717) is 24.8 Å².